The molecule has 0 spiro atoms. The largest absolute Gasteiger partial charge is 0.462 e. The molecule has 2 aliphatic rings. The fraction of sp³-hybridized carbons (Fsp3) is 0.385. The van der Waals surface area contributed by atoms with Gasteiger partial charge >= 0.3 is 6.01 Å². The van der Waals surface area contributed by atoms with Crippen molar-refractivity contribution < 1.29 is 13.5 Å². The standard InChI is InChI=1S/C26H25ClF2N8OS/c1-36-7-2-3-14(36)11-38-26-34-21-16(24(35-26)32-13-6-8-37(10-13)12-30)9-17(27)19(20(21)29)15-4-5-18(28)23-22(15)33-25(31)39-23/h4-5,9,13-14H,2-3,6-8,10-11H2,1H3,(H2,31,33)(H,32,34,35). The summed E-state index contributed by atoms with van der Waals surface area (Å²) in [4.78, 5) is 17.1. The van der Waals surface area contributed by atoms with E-state index in [4.69, 9.17) is 22.1 Å². The van der Waals surface area contributed by atoms with Crippen molar-refractivity contribution in [1.82, 2.24) is 24.8 Å². The summed E-state index contributed by atoms with van der Waals surface area (Å²) in [6, 6.07) is 4.45. The van der Waals surface area contributed by atoms with Crippen molar-refractivity contribution in [2.75, 3.05) is 44.3 Å². The summed E-state index contributed by atoms with van der Waals surface area (Å²) in [7, 11) is 2.04. The number of rotatable bonds is 6. The van der Waals surface area contributed by atoms with E-state index in [1.54, 1.807) is 11.0 Å². The Hall–Kier alpha value is -3.53. The van der Waals surface area contributed by atoms with E-state index in [0.717, 1.165) is 37.1 Å². The van der Waals surface area contributed by atoms with Gasteiger partial charge in [0, 0.05) is 41.7 Å². The molecule has 202 valence electrons. The van der Waals surface area contributed by atoms with Crippen LogP contribution in [0.2, 0.25) is 5.02 Å². The molecule has 13 heteroatoms. The zero-order valence-corrected chi connectivity index (χ0v) is 22.6. The number of thiazole rings is 1. The number of nitriles is 1. The van der Waals surface area contributed by atoms with E-state index >= 15 is 4.39 Å². The van der Waals surface area contributed by atoms with Crippen LogP contribution in [0.15, 0.2) is 18.2 Å². The lowest BCUT2D eigenvalue weighted by molar-refractivity contribution is 0.188. The molecule has 2 aromatic carbocycles. The van der Waals surface area contributed by atoms with Gasteiger partial charge in [0.05, 0.1) is 15.2 Å². The Bertz CT molecular complexity index is 1630. The second-order valence-corrected chi connectivity index (χ2v) is 11.3. The maximum absolute atomic E-state index is 16.4. The first kappa shape index (κ1) is 25.7. The number of anilines is 2. The first-order valence-corrected chi connectivity index (χ1v) is 13.8. The summed E-state index contributed by atoms with van der Waals surface area (Å²) in [6.45, 7) is 2.47. The fourth-order valence-electron chi connectivity index (χ4n) is 5.31. The molecule has 3 N–H and O–H groups in total. The van der Waals surface area contributed by atoms with Crippen LogP contribution < -0.4 is 15.8 Å². The molecule has 6 rings (SSSR count). The van der Waals surface area contributed by atoms with Gasteiger partial charge in [0.1, 0.15) is 23.8 Å². The molecule has 0 radical (unpaired) electrons. The van der Waals surface area contributed by atoms with Gasteiger partial charge in [0.15, 0.2) is 17.1 Å². The van der Waals surface area contributed by atoms with Crippen LogP contribution in [0.4, 0.5) is 19.7 Å². The molecule has 2 aliphatic heterocycles. The molecule has 2 fully saturated rings. The zero-order chi connectivity index (χ0) is 27.3. The normalized spacial score (nSPS) is 19.7. The highest BCUT2D eigenvalue weighted by molar-refractivity contribution is 7.22. The maximum atomic E-state index is 16.4. The third kappa shape index (κ3) is 4.75. The Kier molecular flexibility index (Phi) is 6.74. The Labute approximate surface area is 232 Å². The lowest BCUT2D eigenvalue weighted by Crippen LogP contribution is -2.31. The lowest BCUT2D eigenvalue weighted by Gasteiger charge is -2.20. The minimum atomic E-state index is -0.699. The molecule has 2 saturated heterocycles. The fourth-order valence-corrected chi connectivity index (χ4v) is 6.37. The van der Waals surface area contributed by atoms with Crippen LogP contribution in [-0.4, -0.2) is 70.1 Å². The summed E-state index contributed by atoms with van der Waals surface area (Å²) >= 11 is 7.65. The number of fused-ring (bicyclic) bond motifs is 2. The molecule has 2 unspecified atom stereocenters. The average Bonchev–Trinajstić information content (AvgIpc) is 3.64. The van der Waals surface area contributed by atoms with E-state index in [1.165, 1.54) is 12.1 Å². The van der Waals surface area contributed by atoms with Crippen LogP contribution >= 0.6 is 22.9 Å². The summed E-state index contributed by atoms with van der Waals surface area (Å²) in [6.07, 6.45) is 4.95. The van der Waals surface area contributed by atoms with Crippen LogP contribution in [0.3, 0.4) is 0 Å². The Balaban J connectivity index is 1.47. The van der Waals surface area contributed by atoms with E-state index in [2.05, 4.69) is 31.4 Å². The average molecular weight is 571 g/mol. The highest BCUT2D eigenvalue weighted by Gasteiger charge is 2.27. The summed E-state index contributed by atoms with van der Waals surface area (Å²) in [5.41, 5.74) is 6.44. The minimum absolute atomic E-state index is 0.0116. The van der Waals surface area contributed by atoms with Crippen molar-refractivity contribution >= 4 is 55.0 Å². The van der Waals surface area contributed by atoms with Crippen LogP contribution in [0.1, 0.15) is 19.3 Å². The number of hydrogen-bond donors (Lipinski definition) is 2. The van der Waals surface area contributed by atoms with Gasteiger partial charge < -0.3 is 25.6 Å². The minimum Gasteiger partial charge on any atom is -0.462 e. The molecule has 0 bridgehead atoms. The van der Waals surface area contributed by atoms with Gasteiger partial charge in [-0.3, -0.25) is 0 Å². The van der Waals surface area contributed by atoms with Crippen molar-refractivity contribution in [1.29, 1.82) is 5.26 Å². The molecule has 39 heavy (non-hydrogen) atoms. The monoisotopic (exact) mass is 570 g/mol. The van der Waals surface area contributed by atoms with Crippen LogP contribution in [0, 0.1) is 23.1 Å². The van der Waals surface area contributed by atoms with Gasteiger partial charge in [-0.25, -0.2) is 13.8 Å². The molecule has 0 aliphatic carbocycles. The molecule has 2 atom stereocenters. The Morgan fingerprint density at radius 3 is 2.82 bits per heavy atom. The highest BCUT2D eigenvalue weighted by atomic mass is 35.5. The van der Waals surface area contributed by atoms with Gasteiger partial charge in [-0.15, -0.1) is 0 Å². The third-order valence-corrected chi connectivity index (χ3v) is 8.58. The number of aromatic nitrogens is 3. The number of likely N-dealkylation sites (tertiary alicyclic amines) is 2. The SMILES string of the molecule is CN1CCCC1COc1nc(NC2CCN(C#N)C2)c2cc(Cl)c(-c3ccc(F)c4sc(N)nc34)c(F)c2n1. The Morgan fingerprint density at radius 2 is 2.08 bits per heavy atom. The Morgan fingerprint density at radius 1 is 1.23 bits per heavy atom. The maximum Gasteiger partial charge on any atom is 0.319 e. The number of benzene rings is 2. The summed E-state index contributed by atoms with van der Waals surface area (Å²) in [5, 5.41) is 13.2. The predicted octanol–water partition coefficient (Wildman–Crippen LogP) is 4.86. The molecule has 0 saturated carbocycles. The number of nitrogens with zero attached hydrogens (tertiary/aromatic N) is 6. The third-order valence-electron chi connectivity index (χ3n) is 7.39. The van der Waals surface area contributed by atoms with Crippen molar-refractivity contribution in [3.8, 4) is 23.3 Å². The number of hydrogen-bond acceptors (Lipinski definition) is 10. The van der Waals surface area contributed by atoms with Crippen molar-refractivity contribution in [3.05, 3.63) is 34.9 Å². The molecule has 9 nitrogen and oxygen atoms in total. The number of likely N-dealkylation sites (N-methyl/N-ethyl adjacent to an activating group) is 1. The number of halogens is 3. The van der Waals surface area contributed by atoms with Gasteiger partial charge in [-0.1, -0.05) is 22.9 Å². The van der Waals surface area contributed by atoms with Crippen LogP contribution in [-0.2, 0) is 0 Å². The van der Waals surface area contributed by atoms with Gasteiger partial charge in [-0.05, 0) is 51.1 Å². The quantitative estimate of drug-likeness (QED) is 0.313. The van der Waals surface area contributed by atoms with Crippen molar-refractivity contribution in [2.45, 2.75) is 31.3 Å². The molecule has 0 amide bonds. The lowest BCUT2D eigenvalue weighted by atomic mass is 10.0. The second-order valence-electron chi connectivity index (χ2n) is 9.89. The van der Waals surface area contributed by atoms with Crippen LogP contribution in [0.5, 0.6) is 6.01 Å². The zero-order valence-electron chi connectivity index (χ0n) is 21.0. The van der Waals surface area contributed by atoms with E-state index in [9.17, 15) is 9.65 Å². The first-order valence-electron chi connectivity index (χ1n) is 12.6. The number of ether oxygens (including phenoxy) is 1. The summed E-state index contributed by atoms with van der Waals surface area (Å²) in [5.74, 6) is -0.825. The van der Waals surface area contributed by atoms with Gasteiger partial charge in [0.25, 0.3) is 0 Å². The van der Waals surface area contributed by atoms with Gasteiger partial charge in [0.2, 0.25) is 0 Å². The number of nitrogen functional groups attached to an aromatic ring is 1. The molecule has 4 aromatic rings. The second kappa shape index (κ2) is 10.2. The number of nitrogens with two attached hydrogens (primary N) is 1. The molecular formula is C26H25ClF2N8OS. The molecule has 4 heterocycles. The van der Waals surface area contributed by atoms with E-state index in [0.29, 0.717) is 36.5 Å². The smallest absolute Gasteiger partial charge is 0.319 e. The first-order chi connectivity index (χ1) is 18.8. The van der Waals surface area contributed by atoms with Crippen molar-refractivity contribution in [3.63, 3.8) is 0 Å². The highest BCUT2D eigenvalue weighted by Crippen LogP contribution is 2.42. The summed E-state index contributed by atoms with van der Waals surface area (Å²) < 4.78 is 37.0. The molecular weight excluding hydrogens is 546 g/mol. The number of nitrogens with one attached hydrogen (secondary N) is 1. The van der Waals surface area contributed by atoms with E-state index in [-0.39, 0.29) is 49.5 Å². The van der Waals surface area contributed by atoms with E-state index in [1.807, 2.05) is 7.05 Å². The van der Waals surface area contributed by atoms with Crippen molar-refractivity contribution in [2.24, 2.45) is 0 Å². The van der Waals surface area contributed by atoms with E-state index < -0.39 is 11.6 Å². The predicted molar refractivity (Wildman–Crippen MR) is 148 cm³/mol. The topological polar surface area (TPSA) is 116 Å². The molecule has 2 aromatic heterocycles. The van der Waals surface area contributed by atoms with Gasteiger partial charge in [-0.2, -0.15) is 15.2 Å². The van der Waals surface area contributed by atoms with Crippen LogP contribution in [0.25, 0.3) is 32.2 Å².